The SMILES string of the molecule is Cc1cc2cc(F)c(CC3CCCNC3)cc2[nH]1. The zero-order valence-electron chi connectivity index (χ0n) is 10.7. The highest BCUT2D eigenvalue weighted by molar-refractivity contribution is 5.81. The number of aryl methyl sites for hydroxylation is 1. The molecule has 18 heavy (non-hydrogen) atoms. The number of benzene rings is 1. The van der Waals surface area contributed by atoms with Crippen LogP contribution >= 0.6 is 0 Å². The molecule has 1 fully saturated rings. The number of hydrogen-bond donors (Lipinski definition) is 2. The predicted octanol–water partition coefficient (Wildman–Crippen LogP) is 3.16. The normalized spacial score (nSPS) is 20.4. The van der Waals surface area contributed by atoms with Gasteiger partial charge in [-0.05, 0) is 69.0 Å². The van der Waals surface area contributed by atoms with Crippen molar-refractivity contribution < 1.29 is 4.39 Å². The van der Waals surface area contributed by atoms with Crippen LogP contribution < -0.4 is 5.32 Å². The standard InChI is InChI=1S/C15H19FN2/c1-10-5-13-7-14(16)12(8-15(13)18-10)6-11-3-2-4-17-9-11/h5,7-8,11,17-18H,2-4,6,9H2,1H3. The molecule has 96 valence electrons. The molecule has 2 aromatic rings. The molecule has 1 aromatic carbocycles. The summed E-state index contributed by atoms with van der Waals surface area (Å²) in [7, 11) is 0. The molecule has 1 atom stereocenters. The van der Waals surface area contributed by atoms with Crippen molar-refractivity contribution in [2.24, 2.45) is 5.92 Å². The Kier molecular flexibility index (Phi) is 3.08. The Hall–Kier alpha value is -1.35. The smallest absolute Gasteiger partial charge is 0.127 e. The summed E-state index contributed by atoms with van der Waals surface area (Å²) in [6, 6.07) is 5.63. The Balaban J connectivity index is 1.88. The summed E-state index contributed by atoms with van der Waals surface area (Å²) >= 11 is 0. The van der Waals surface area contributed by atoms with E-state index in [9.17, 15) is 4.39 Å². The third-order valence-corrected chi connectivity index (χ3v) is 3.83. The third-order valence-electron chi connectivity index (χ3n) is 3.83. The largest absolute Gasteiger partial charge is 0.359 e. The molecular weight excluding hydrogens is 227 g/mol. The number of H-pyrrole nitrogens is 1. The summed E-state index contributed by atoms with van der Waals surface area (Å²) in [5, 5.41) is 4.35. The van der Waals surface area contributed by atoms with E-state index >= 15 is 0 Å². The highest BCUT2D eigenvalue weighted by Gasteiger charge is 2.16. The van der Waals surface area contributed by atoms with E-state index in [0.29, 0.717) is 5.92 Å². The number of halogens is 1. The van der Waals surface area contributed by atoms with Gasteiger partial charge < -0.3 is 10.3 Å². The molecule has 1 saturated heterocycles. The number of rotatable bonds is 2. The Morgan fingerprint density at radius 1 is 1.33 bits per heavy atom. The minimum absolute atomic E-state index is 0.0629. The fourth-order valence-corrected chi connectivity index (χ4v) is 2.91. The summed E-state index contributed by atoms with van der Waals surface area (Å²) in [6.07, 6.45) is 3.25. The first-order valence-electron chi connectivity index (χ1n) is 6.71. The maximum absolute atomic E-state index is 14.0. The summed E-state index contributed by atoms with van der Waals surface area (Å²) in [5.41, 5.74) is 2.98. The van der Waals surface area contributed by atoms with Crippen LogP contribution in [0.15, 0.2) is 18.2 Å². The van der Waals surface area contributed by atoms with Gasteiger partial charge in [-0.15, -0.1) is 0 Å². The third kappa shape index (κ3) is 2.27. The van der Waals surface area contributed by atoms with Crippen LogP contribution in [0.3, 0.4) is 0 Å². The van der Waals surface area contributed by atoms with Gasteiger partial charge in [0.2, 0.25) is 0 Å². The van der Waals surface area contributed by atoms with Gasteiger partial charge in [0.1, 0.15) is 5.82 Å². The van der Waals surface area contributed by atoms with E-state index in [4.69, 9.17) is 0 Å². The van der Waals surface area contributed by atoms with Crippen LogP contribution in [-0.2, 0) is 6.42 Å². The average molecular weight is 246 g/mol. The zero-order valence-corrected chi connectivity index (χ0v) is 10.7. The first-order valence-corrected chi connectivity index (χ1v) is 6.71. The van der Waals surface area contributed by atoms with E-state index in [1.54, 1.807) is 6.07 Å². The molecule has 2 N–H and O–H groups in total. The number of piperidine rings is 1. The van der Waals surface area contributed by atoms with Crippen LogP contribution in [0.2, 0.25) is 0 Å². The molecule has 2 heterocycles. The summed E-state index contributed by atoms with van der Waals surface area (Å²) < 4.78 is 14.0. The van der Waals surface area contributed by atoms with Crippen molar-refractivity contribution in [2.75, 3.05) is 13.1 Å². The van der Waals surface area contributed by atoms with Gasteiger partial charge in [0.25, 0.3) is 0 Å². The molecule has 1 aliphatic rings. The maximum Gasteiger partial charge on any atom is 0.127 e. The molecule has 3 rings (SSSR count). The summed E-state index contributed by atoms with van der Waals surface area (Å²) in [6.45, 7) is 4.12. The van der Waals surface area contributed by atoms with E-state index in [1.165, 1.54) is 12.8 Å². The molecule has 1 aliphatic heterocycles. The van der Waals surface area contributed by atoms with Gasteiger partial charge >= 0.3 is 0 Å². The quantitative estimate of drug-likeness (QED) is 0.837. The lowest BCUT2D eigenvalue weighted by atomic mass is 9.92. The Morgan fingerprint density at radius 2 is 2.22 bits per heavy atom. The lowest BCUT2D eigenvalue weighted by molar-refractivity contribution is 0.372. The van der Waals surface area contributed by atoms with E-state index in [-0.39, 0.29) is 5.82 Å². The number of fused-ring (bicyclic) bond motifs is 1. The van der Waals surface area contributed by atoms with Gasteiger partial charge in [-0.1, -0.05) is 0 Å². The Morgan fingerprint density at radius 3 is 3.00 bits per heavy atom. The predicted molar refractivity (Wildman–Crippen MR) is 72.3 cm³/mol. The molecule has 0 bridgehead atoms. The van der Waals surface area contributed by atoms with Crippen molar-refractivity contribution in [3.05, 3.63) is 35.3 Å². The van der Waals surface area contributed by atoms with Crippen molar-refractivity contribution in [3.63, 3.8) is 0 Å². The number of aromatic nitrogens is 1. The molecule has 3 heteroatoms. The van der Waals surface area contributed by atoms with Crippen molar-refractivity contribution in [1.29, 1.82) is 0 Å². The number of aromatic amines is 1. The highest BCUT2D eigenvalue weighted by atomic mass is 19.1. The number of hydrogen-bond acceptors (Lipinski definition) is 1. The molecule has 1 aromatic heterocycles. The molecule has 2 nitrogen and oxygen atoms in total. The molecule has 0 saturated carbocycles. The topological polar surface area (TPSA) is 27.8 Å². The molecule has 1 unspecified atom stereocenters. The van der Waals surface area contributed by atoms with E-state index in [2.05, 4.69) is 10.3 Å². The number of nitrogens with one attached hydrogen (secondary N) is 2. The molecule has 0 spiro atoms. The second kappa shape index (κ2) is 4.73. The van der Waals surface area contributed by atoms with Crippen molar-refractivity contribution in [2.45, 2.75) is 26.2 Å². The van der Waals surface area contributed by atoms with Gasteiger partial charge in [0, 0.05) is 16.6 Å². The summed E-state index contributed by atoms with van der Waals surface area (Å²) in [4.78, 5) is 3.28. The molecule has 0 radical (unpaired) electrons. The second-order valence-corrected chi connectivity index (χ2v) is 5.40. The van der Waals surface area contributed by atoms with Gasteiger partial charge in [-0.2, -0.15) is 0 Å². The van der Waals surface area contributed by atoms with Gasteiger partial charge in [-0.25, -0.2) is 4.39 Å². The lowest BCUT2D eigenvalue weighted by Crippen LogP contribution is -2.31. The van der Waals surface area contributed by atoms with Crippen LogP contribution in [0, 0.1) is 18.7 Å². The van der Waals surface area contributed by atoms with Crippen molar-refractivity contribution >= 4 is 10.9 Å². The van der Waals surface area contributed by atoms with Crippen LogP contribution in [0.5, 0.6) is 0 Å². The first kappa shape index (κ1) is 11.7. The van der Waals surface area contributed by atoms with Crippen LogP contribution in [0.1, 0.15) is 24.1 Å². The van der Waals surface area contributed by atoms with Crippen LogP contribution in [0.25, 0.3) is 10.9 Å². The van der Waals surface area contributed by atoms with E-state index < -0.39 is 0 Å². The van der Waals surface area contributed by atoms with E-state index in [1.807, 2.05) is 19.1 Å². The van der Waals surface area contributed by atoms with Crippen molar-refractivity contribution in [3.8, 4) is 0 Å². The maximum atomic E-state index is 14.0. The molecular formula is C15H19FN2. The van der Waals surface area contributed by atoms with E-state index in [0.717, 1.165) is 41.7 Å². The Labute approximate surface area is 107 Å². The second-order valence-electron chi connectivity index (χ2n) is 5.40. The Bertz CT molecular complexity index is 553. The fraction of sp³-hybridized carbons (Fsp3) is 0.467. The van der Waals surface area contributed by atoms with Crippen LogP contribution in [0.4, 0.5) is 4.39 Å². The summed E-state index contributed by atoms with van der Waals surface area (Å²) in [5.74, 6) is 0.508. The highest BCUT2D eigenvalue weighted by Crippen LogP contribution is 2.24. The van der Waals surface area contributed by atoms with Gasteiger partial charge in [0.05, 0.1) is 0 Å². The molecule has 0 aliphatic carbocycles. The molecule has 0 amide bonds. The monoisotopic (exact) mass is 246 g/mol. The van der Waals surface area contributed by atoms with Gasteiger partial charge in [-0.3, -0.25) is 0 Å². The van der Waals surface area contributed by atoms with Crippen LogP contribution in [-0.4, -0.2) is 18.1 Å². The minimum Gasteiger partial charge on any atom is -0.359 e. The van der Waals surface area contributed by atoms with Gasteiger partial charge in [0.15, 0.2) is 0 Å². The first-order chi connectivity index (χ1) is 8.72. The zero-order chi connectivity index (χ0) is 12.5. The average Bonchev–Trinajstić information content (AvgIpc) is 2.70. The minimum atomic E-state index is -0.0629. The fourth-order valence-electron chi connectivity index (χ4n) is 2.91. The van der Waals surface area contributed by atoms with Crippen molar-refractivity contribution in [1.82, 2.24) is 10.3 Å². The lowest BCUT2D eigenvalue weighted by Gasteiger charge is -2.22.